The molecule has 2 rings (SSSR count). The highest BCUT2D eigenvalue weighted by Gasteiger charge is 2.14. The van der Waals surface area contributed by atoms with E-state index in [0.717, 1.165) is 19.6 Å². The van der Waals surface area contributed by atoms with Gasteiger partial charge in [0, 0.05) is 9.75 Å². The number of rotatable bonds is 8. The summed E-state index contributed by atoms with van der Waals surface area (Å²) in [5.41, 5.74) is 0. The fourth-order valence-corrected chi connectivity index (χ4v) is 3.45. The average Bonchev–Trinajstić information content (AvgIpc) is 3.06. The van der Waals surface area contributed by atoms with Crippen molar-refractivity contribution in [3.63, 3.8) is 0 Å². The van der Waals surface area contributed by atoms with E-state index in [0.29, 0.717) is 6.04 Å². The maximum atomic E-state index is 5.13. The normalized spacial score (nSPS) is 10.7. The molecule has 0 unspecified atom stereocenters. The summed E-state index contributed by atoms with van der Waals surface area (Å²) >= 11 is 3.59. The molecule has 0 saturated carbocycles. The number of nitrogens with one attached hydrogen (secondary N) is 1. The maximum absolute atomic E-state index is 5.13. The predicted octanol–water partition coefficient (Wildman–Crippen LogP) is 4.04. The van der Waals surface area contributed by atoms with Crippen molar-refractivity contribution in [2.24, 2.45) is 0 Å². The number of ether oxygens (including phenoxy) is 1. The van der Waals surface area contributed by atoms with E-state index in [1.165, 1.54) is 16.0 Å². The molecule has 2 nitrogen and oxygen atoms in total. The molecule has 0 saturated heterocycles. The van der Waals surface area contributed by atoms with Crippen molar-refractivity contribution < 1.29 is 4.74 Å². The highest BCUT2D eigenvalue weighted by molar-refractivity contribution is 7.11. The van der Waals surface area contributed by atoms with Crippen LogP contribution >= 0.6 is 22.7 Å². The Morgan fingerprint density at radius 3 is 2.39 bits per heavy atom. The van der Waals surface area contributed by atoms with E-state index in [2.05, 4.69) is 46.9 Å². The van der Waals surface area contributed by atoms with Crippen LogP contribution in [0.2, 0.25) is 0 Å². The third kappa shape index (κ3) is 3.70. The first-order chi connectivity index (χ1) is 8.92. The molecule has 0 radical (unpaired) electrons. The molecule has 2 aromatic rings. The SMILES string of the molecule is C=COCCCNC(c1cccs1)c1cccs1. The van der Waals surface area contributed by atoms with Crippen molar-refractivity contribution in [1.29, 1.82) is 0 Å². The summed E-state index contributed by atoms with van der Waals surface area (Å²) in [6, 6.07) is 8.88. The Hall–Kier alpha value is -1.10. The molecule has 0 fully saturated rings. The van der Waals surface area contributed by atoms with Gasteiger partial charge in [-0.25, -0.2) is 0 Å². The molecular formula is C14H17NOS2. The zero-order valence-corrected chi connectivity index (χ0v) is 11.8. The molecule has 0 spiro atoms. The van der Waals surface area contributed by atoms with Crippen LogP contribution in [0.1, 0.15) is 22.2 Å². The zero-order chi connectivity index (χ0) is 12.6. The van der Waals surface area contributed by atoms with Crippen LogP contribution in [0.3, 0.4) is 0 Å². The molecule has 0 aromatic carbocycles. The highest BCUT2D eigenvalue weighted by Crippen LogP contribution is 2.28. The number of thiophene rings is 2. The molecule has 96 valence electrons. The molecule has 2 aromatic heterocycles. The lowest BCUT2D eigenvalue weighted by Gasteiger charge is -2.16. The molecule has 18 heavy (non-hydrogen) atoms. The van der Waals surface area contributed by atoms with Crippen LogP contribution in [0.15, 0.2) is 47.9 Å². The second kappa shape index (κ2) is 7.36. The van der Waals surface area contributed by atoms with Gasteiger partial charge in [0.25, 0.3) is 0 Å². The van der Waals surface area contributed by atoms with Crippen LogP contribution in [0.25, 0.3) is 0 Å². The Morgan fingerprint density at radius 2 is 1.89 bits per heavy atom. The standard InChI is InChI=1S/C14H17NOS2/c1-2-16-9-5-8-15-14(12-6-3-10-17-12)13-7-4-11-18-13/h2-4,6-7,10-11,14-15H,1,5,8-9H2. The summed E-state index contributed by atoms with van der Waals surface area (Å²) in [4.78, 5) is 2.73. The summed E-state index contributed by atoms with van der Waals surface area (Å²) in [6.45, 7) is 5.19. The van der Waals surface area contributed by atoms with Gasteiger partial charge in [0.1, 0.15) is 0 Å². The first-order valence-electron chi connectivity index (χ1n) is 5.94. The van der Waals surface area contributed by atoms with Gasteiger partial charge in [0.15, 0.2) is 0 Å². The molecule has 0 atom stereocenters. The van der Waals surface area contributed by atoms with E-state index < -0.39 is 0 Å². The second-order valence-electron chi connectivity index (χ2n) is 3.81. The first-order valence-corrected chi connectivity index (χ1v) is 7.70. The first kappa shape index (κ1) is 13.3. The van der Waals surface area contributed by atoms with Gasteiger partial charge in [-0.15, -0.1) is 22.7 Å². The van der Waals surface area contributed by atoms with Crippen LogP contribution in [0.5, 0.6) is 0 Å². The molecule has 0 amide bonds. The molecule has 0 aliphatic carbocycles. The van der Waals surface area contributed by atoms with Crippen LogP contribution in [0, 0.1) is 0 Å². The lowest BCUT2D eigenvalue weighted by molar-refractivity contribution is 0.244. The Labute approximate surface area is 116 Å². The maximum Gasteiger partial charge on any atom is 0.0885 e. The van der Waals surface area contributed by atoms with E-state index in [1.807, 2.05) is 0 Å². The van der Waals surface area contributed by atoms with Crippen molar-refractivity contribution in [2.45, 2.75) is 12.5 Å². The van der Waals surface area contributed by atoms with Crippen molar-refractivity contribution in [3.8, 4) is 0 Å². The largest absolute Gasteiger partial charge is 0.502 e. The molecule has 1 N–H and O–H groups in total. The van der Waals surface area contributed by atoms with Crippen molar-refractivity contribution in [1.82, 2.24) is 5.32 Å². The fraction of sp³-hybridized carbons (Fsp3) is 0.286. The Morgan fingerprint density at radius 1 is 1.22 bits per heavy atom. The van der Waals surface area contributed by atoms with E-state index in [9.17, 15) is 0 Å². The fourth-order valence-electron chi connectivity index (χ4n) is 1.74. The lowest BCUT2D eigenvalue weighted by atomic mass is 10.2. The predicted molar refractivity (Wildman–Crippen MR) is 79.2 cm³/mol. The minimum absolute atomic E-state index is 0.314. The Balaban J connectivity index is 1.92. The number of hydrogen-bond donors (Lipinski definition) is 1. The quantitative estimate of drug-likeness (QED) is 0.581. The molecular weight excluding hydrogens is 262 g/mol. The van der Waals surface area contributed by atoms with E-state index in [4.69, 9.17) is 4.74 Å². The molecule has 0 bridgehead atoms. The molecule has 0 aliphatic heterocycles. The van der Waals surface area contributed by atoms with Crippen LogP contribution in [0.4, 0.5) is 0 Å². The van der Waals surface area contributed by atoms with E-state index in [1.54, 1.807) is 22.7 Å². The van der Waals surface area contributed by atoms with Gasteiger partial charge in [-0.3, -0.25) is 0 Å². The summed E-state index contributed by atoms with van der Waals surface area (Å²) < 4.78 is 5.13. The van der Waals surface area contributed by atoms with Crippen LogP contribution in [-0.2, 0) is 4.74 Å². The zero-order valence-electron chi connectivity index (χ0n) is 10.2. The van der Waals surface area contributed by atoms with Gasteiger partial charge in [-0.1, -0.05) is 18.7 Å². The van der Waals surface area contributed by atoms with Crippen LogP contribution in [-0.4, -0.2) is 13.2 Å². The Kier molecular flexibility index (Phi) is 5.45. The van der Waals surface area contributed by atoms with Gasteiger partial charge >= 0.3 is 0 Å². The lowest BCUT2D eigenvalue weighted by Crippen LogP contribution is -2.22. The smallest absolute Gasteiger partial charge is 0.0885 e. The minimum Gasteiger partial charge on any atom is -0.502 e. The van der Waals surface area contributed by atoms with Crippen LogP contribution < -0.4 is 5.32 Å². The van der Waals surface area contributed by atoms with Gasteiger partial charge < -0.3 is 10.1 Å². The van der Waals surface area contributed by atoms with Gasteiger partial charge in [0.05, 0.1) is 18.9 Å². The average molecular weight is 279 g/mol. The van der Waals surface area contributed by atoms with Gasteiger partial charge in [0.2, 0.25) is 0 Å². The molecule has 2 heterocycles. The van der Waals surface area contributed by atoms with Gasteiger partial charge in [-0.2, -0.15) is 0 Å². The van der Waals surface area contributed by atoms with E-state index >= 15 is 0 Å². The Bertz CT molecular complexity index is 402. The minimum atomic E-state index is 0.314. The molecule has 4 heteroatoms. The summed E-state index contributed by atoms with van der Waals surface area (Å²) in [7, 11) is 0. The summed E-state index contributed by atoms with van der Waals surface area (Å²) in [5.74, 6) is 0. The third-order valence-electron chi connectivity index (χ3n) is 2.56. The topological polar surface area (TPSA) is 21.3 Å². The van der Waals surface area contributed by atoms with Crippen molar-refractivity contribution in [2.75, 3.05) is 13.2 Å². The highest BCUT2D eigenvalue weighted by atomic mass is 32.1. The van der Waals surface area contributed by atoms with Crippen molar-refractivity contribution in [3.05, 3.63) is 57.6 Å². The monoisotopic (exact) mass is 279 g/mol. The van der Waals surface area contributed by atoms with Gasteiger partial charge in [-0.05, 0) is 35.9 Å². The second-order valence-corrected chi connectivity index (χ2v) is 5.77. The van der Waals surface area contributed by atoms with E-state index in [-0.39, 0.29) is 0 Å². The number of hydrogen-bond acceptors (Lipinski definition) is 4. The summed E-state index contributed by atoms with van der Waals surface area (Å²) in [6.07, 6.45) is 2.48. The summed E-state index contributed by atoms with van der Waals surface area (Å²) in [5, 5.41) is 7.84. The van der Waals surface area contributed by atoms with Crippen molar-refractivity contribution >= 4 is 22.7 Å². The third-order valence-corrected chi connectivity index (χ3v) is 4.44. The molecule has 0 aliphatic rings.